The average molecular weight is 262 g/mol. The molecule has 4 heteroatoms. The third-order valence-electron chi connectivity index (χ3n) is 2.32. The largest absolute Gasteiger partial charge is 0.478 e. The first-order valence-electron chi connectivity index (χ1n) is 5.27. The standard InChI is InChI=1S/C14H12O3.H2S/c15-14(16)13(11-7-3-1-4-8-11)17-12-9-5-2-6-10-12;/h1-10,13H,(H,15,16);1H2. The summed E-state index contributed by atoms with van der Waals surface area (Å²) in [5, 5.41) is 9.16. The molecule has 0 aliphatic heterocycles. The lowest BCUT2D eigenvalue weighted by molar-refractivity contribution is -0.145. The van der Waals surface area contributed by atoms with Crippen LogP contribution in [-0.4, -0.2) is 11.1 Å². The van der Waals surface area contributed by atoms with Gasteiger partial charge in [0.2, 0.25) is 6.10 Å². The van der Waals surface area contributed by atoms with Crippen LogP contribution in [0.2, 0.25) is 0 Å². The lowest BCUT2D eigenvalue weighted by Gasteiger charge is -2.15. The molecule has 0 heterocycles. The van der Waals surface area contributed by atoms with Crippen LogP contribution in [-0.2, 0) is 4.79 Å². The molecular formula is C14H14O3S. The monoisotopic (exact) mass is 262 g/mol. The van der Waals surface area contributed by atoms with Gasteiger partial charge in [0.05, 0.1) is 0 Å². The number of ether oxygens (including phenoxy) is 1. The SMILES string of the molecule is O=C(O)C(Oc1ccccc1)c1ccccc1.S. The predicted molar refractivity (Wildman–Crippen MR) is 74.3 cm³/mol. The van der Waals surface area contributed by atoms with Crippen LogP contribution >= 0.6 is 13.5 Å². The van der Waals surface area contributed by atoms with Gasteiger partial charge < -0.3 is 9.84 Å². The fourth-order valence-corrected chi connectivity index (χ4v) is 1.52. The summed E-state index contributed by atoms with van der Waals surface area (Å²) in [5.74, 6) is -0.455. The van der Waals surface area contributed by atoms with Gasteiger partial charge in [0, 0.05) is 5.56 Å². The molecule has 0 amide bonds. The van der Waals surface area contributed by atoms with E-state index in [9.17, 15) is 4.79 Å². The summed E-state index contributed by atoms with van der Waals surface area (Å²) in [6, 6.07) is 17.8. The van der Waals surface area contributed by atoms with Crippen molar-refractivity contribution in [1.29, 1.82) is 0 Å². The lowest BCUT2D eigenvalue weighted by atomic mass is 10.1. The van der Waals surface area contributed by atoms with Crippen LogP contribution in [0, 0.1) is 0 Å². The number of hydrogen-bond donors (Lipinski definition) is 1. The molecule has 0 bridgehead atoms. The summed E-state index contributed by atoms with van der Waals surface area (Å²) in [6.07, 6.45) is -0.974. The highest BCUT2D eigenvalue weighted by Gasteiger charge is 2.21. The van der Waals surface area contributed by atoms with Gasteiger partial charge in [-0.3, -0.25) is 0 Å². The van der Waals surface area contributed by atoms with Gasteiger partial charge in [0.1, 0.15) is 5.75 Å². The summed E-state index contributed by atoms with van der Waals surface area (Å²) < 4.78 is 5.46. The maximum absolute atomic E-state index is 11.2. The molecular weight excluding hydrogens is 248 g/mol. The van der Waals surface area contributed by atoms with Gasteiger partial charge in [-0.05, 0) is 12.1 Å². The molecule has 0 fully saturated rings. The number of carboxylic acids is 1. The molecule has 0 saturated heterocycles. The maximum Gasteiger partial charge on any atom is 0.349 e. The molecule has 3 nitrogen and oxygen atoms in total. The zero-order valence-corrected chi connectivity index (χ0v) is 10.6. The minimum absolute atomic E-state index is 0. The topological polar surface area (TPSA) is 46.5 Å². The summed E-state index contributed by atoms with van der Waals surface area (Å²) >= 11 is 0. The summed E-state index contributed by atoms with van der Waals surface area (Å²) in [5.41, 5.74) is 0.629. The highest BCUT2D eigenvalue weighted by atomic mass is 32.1. The highest BCUT2D eigenvalue weighted by molar-refractivity contribution is 7.59. The number of carbonyl (C=O) groups is 1. The fraction of sp³-hybridized carbons (Fsp3) is 0.0714. The molecule has 2 rings (SSSR count). The first kappa shape index (κ1) is 14.1. The van der Waals surface area contributed by atoms with E-state index < -0.39 is 12.1 Å². The van der Waals surface area contributed by atoms with Crippen molar-refractivity contribution in [3.63, 3.8) is 0 Å². The number of benzene rings is 2. The van der Waals surface area contributed by atoms with Crippen LogP contribution in [0.3, 0.4) is 0 Å². The van der Waals surface area contributed by atoms with Crippen LogP contribution in [0.5, 0.6) is 5.75 Å². The van der Waals surface area contributed by atoms with Crippen molar-refractivity contribution in [3.05, 3.63) is 66.2 Å². The number of aliphatic carboxylic acids is 1. The van der Waals surface area contributed by atoms with Crippen molar-refractivity contribution >= 4 is 19.5 Å². The van der Waals surface area contributed by atoms with Gasteiger partial charge in [-0.25, -0.2) is 4.79 Å². The summed E-state index contributed by atoms with van der Waals surface area (Å²) in [6.45, 7) is 0. The molecule has 2 aromatic carbocycles. The van der Waals surface area contributed by atoms with Gasteiger partial charge in [-0.1, -0.05) is 48.5 Å². The number of para-hydroxylation sites is 1. The molecule has 0 aromatic heterocycles. The van der Waals surface area contributed by atoms with Crippen LogP contribution < -0.4 is 4.74 Å². The molecule has 0 spiro atoms. The van der Waals surface area contributed by atoms with E-state index >= 15 is 0 Å². The minimum atomic E-state index is -1.000. The van der Waals surface area contributed by atoms with Gasteiger partial charge in [0.25, 0.3) is 0 Å². The van der Waals surface area contributed by atoms with Gasteiger partial charge in [-0.2, -0.15) is 13.5 Å². The quantitative estimate of drug-likeness (QED) is 0.921. The molecule has 0 saturated carbocycles. The molecule has 18 heavy (non-hydrogen) atoms. The Labute approximate surface area is 112 Å². The lowest BCUT2D eigenvalue weighted by Crippen LogP contribution is -2.17. The van der Waals surface area contributed by atoms with Crippen molar-refractivity contribution < 1.29 is 14.6 Å². The van der Waals surface area contributed by atoms with Gasteiger partial charge >= 0.3 is 5.97 Å². The third kappa shape index (κ3) is 3.53. The highest BCUT2D eigenvalue weighted by Crippen LogP contribution is 2.21. The van der Waals surface area contributed by atoms with Crippen LogP contribution in [0.15, 0.2) is 60.7 Å². The van der Waals surface area contributed by atoms with E-state index in [2.05, 4.69) is 0 Å². The smallest absolute Gasteiger partial charge is 0.349 e. The van der Waals surface area contributed by atoms with Crippen LogP contribution in [0.4, 0.5) is 0 Å². The van der Waals surface area contributed by atoms with E-state index in [1.165, 1.54) is 0 Å². The van der Waals surface area contributed by atoms with Crippen molar-refractivity contribution in [2.24, 2.45) is 0 Å². The molecule has 2 aromatic rings. The number of rotatable bonds is 4. The Morgan fingerprint density at radius 3 is 1.94 bits per heavy atom. The number of carboxylic acid groups (broad SMARTS) is 1. The molecule has 0 aliphatic rings. The van der Waals surface area contributed by atoms with Crippen LogP contribution in [0.25, 0.3) is 0 Å². The molecule has 1 atom stereocenters. The Balaban J connectivity index is 0.00000162. The summed E-state index contributed by atoms with van der Waals surface area (Å²) in [7, 11) is 0. The van der Waals surface area contributed by atoms with Crippen molar-refractivity contribution in [2.75, 3.05) is 0 Å². The summed E-state index contributed by atoms with van der Waals surface area (Å²) in [4.78, 5) is 11.2. The Bertz CT molecular complexity index is 485. The first-order valence-corrected chi connectivity index (χ1v) is 5.27. The van der Waals surface area contributed by atoms with Crippen molar-refractivity contribution in [1.82, 2.24) is 0 Å². The molecule has 94 valence electrons. The third-order valence-corrected chi connectivity index (χ3v) is 2.32. The van der Waals surface area contributed by atoms with E-state index in [4.69, 9.17) is 9.84 Å². The van der Waals surface area contributed by atoms with Gasteiger partial charge in [-0.15, -0.1) is 0 Å². The zero-order valence-electron chi connectivity index (χ0n) is 9.61. The second kappa shape index (κ2) is 6.71. The molecule has 1 unspecified atom stereocenters. The van der Waals surface area contributed by atoms with E-state index in [1.54, 1.807) is 48.5 Å². The maximum atomic E-state index is 11.2. The van der Waals surface area contributed by atoms with Crippen molar-refractivity contribution in [3.8, 4) is 5.75 Å². The fourth-order valence-electron chi connectivity index (χ4n) is 1.52. The minimum Gasteiger partial charge on any atom is -0.478 e. The first-order chi connectivity index (χ1) is 8.27. The van der Waals surface area contributed by atoms with E-state index in [0.717, 1.165) is 0 Å². The molecule has 1 N–H and O–H groups in total. The van der Waals surface area contributed by atoms with Crippen molar-refractivity contribution in [2.45, 2.75) is 6.10 Å². The number of hydrogen-bond acceptors (Lipinski definition) is 2. The van der Waals surface area contributed by atoms with Crippen LogP contribution in [0.1, 0.15) is 11.7 Å². The van der Waals surface area contributed by atoms with E-state index in [0.29, 0.717) is 11.3 Å². The predicted octanol–water partition coefficient (Wildman–Crippen LogP) is 3.00. The second-order valence-electron chi connectivity index (χ2n) is 3.56. The zero-order chi connectivity index (χ0) is 12.1. The van der Waals surface area contributed by atoms with Gasteiger partial charge in [0.15, 0.2) is 0 Å². The van der Waals surface area contributed by atoms with E-state index in [1.807, 2.05) is 12.1 Å². The Kier molecular flexibility index (Phi) is 5.27. The Morgan fingerprint density at radius 1 is 0.944 bits per heavy atom. The Hall–Kier alpha value is -1.94. The van der Waals surface area contributed by atoms with E-state index in [-0.39, 0.29) is 13.5 Å². The normalized spacial score (nSPS) is 11.1. The average Bonchev–Trinajstić information content (AvgIpc) is 2.38. The second-order valence-corrected chi connectivity index (χ2v) is 3.56. The Morgan fingerprint density at radius 2 is 1.44 bits per heavy atom. The molecule has 0 radical (unpaired) electrons. The molecule has 0 aliphatic carbocycles.